The van der Waals surface area contributed by atoms with Crippen molar-refractivity contribution in [3.8, 4) is 0 Å². The molecule has 2 rings (SSSR count). The predicted molar refractivity (Wildman–Crippen MR) is 70.5 cm³/mol. The highest BCUT2D eigenvalue weighted by Crippen LogP contribution is 2.20. The molecule has 0 aliphatic heterocycles. The first-order chi connectivity index (χ1) is 8.06. The van der Waals surface area contributed by atoms with Crippen LogP contribution in [0.5, 0.6) is 0 Å². The standard InChI is InChI=1S/C11H7Br2FN2O/c12-6-1-2-9(8(14)3-6)16-11(17)10-4-7(13)5-15-10/h1-5,15H,(H,16,17). The van der Waals surface area contributed by atoms with Crippen molar-refractivity contribution < 1.29 is 9.18 Å². The van der Waals surface area contributed by atoms with E-state index in [2.05, 4.69) is 42.2 Å². The molecule has 0 unspecified atom stereocenters. The van der Waals surface area contributed by atoms with Gasteiger partial charge in [0.05, 0.1) is 5.69 Å². The molecule has 1 amide bonds. The van der Waals surface area contributed by atoms with Crippen LogP contribution in [0.1, 0.15) is 10.5 Å². The Kier molecular flexibility index (Phi) is 3.63. The minimum atomic E-state index is -0.488. The number of carbonyl (C=O) groups is 1. The summed E-state index contributed by atoms with van der Waals surface area (Å²) in [6, 6.07) is 6.06. The van der Waals surface area contributed by atoms with Crippen LogP contribution in [-0.2, 0) is 0 Å². The van der Waals surface area contributed by atoms with E-state index in [-0.39, 0.29) is 5.69 Å². The van der Waals surface area contributed by atoms with Crippen molar-refractivity contribution in [1.29, 1.82) is 0 Å². The Balaban J connectivity index is 2.18. The van der Waals surface area contributed by atoms with E-state index < -0.39 is 11.7 Å². The van der Waals surface area contributed by atoms with Crippen LogP contribution in [0.2, 0.25) is 0 Å². The second-order valence-corrected chi connectivity index (χ2v) is 5.14. The third-order valence-corrected chi connectivity index (χ3v) is 3.02. The number of amides is 1. The van der Waals surface area contributed by atoms with Gasteiger partial charge in [-0.2, -0.15) is 0 Å². The summed E-state index contributed by atoms with van der Waals surface area (Å²) in [6.45, 7) is 0. The van der Waals surface area contributed by atoms with Gasteiger partial charge in [-0.25, -0.2) is 4.39 Å². The molecular weight excluding hydrogens is 355 g/mol. The van der Waals surface area contributed by atoms with Crippen LogP contribution < -0.4 is 5.32 Å². The molecule has 0 aliphatic carbocycles. The Morgan fingerprint density at radius 2 is 2.00 bits per heavy atom. The SMILES string of the molecule is O=C(Nc1ccc(Br)cc1F)c1cc(Br)c[nH]1. The van der Waals surface area contributed by atoms with Crippen molar-refractivity contribution in [3.63, 3.8) is 0 Å². The number of hydrogen-bond donors (Lipinski definition) is 2. The summed E-state index contributed by atoms with van der Waals surface area (Å²) in [5.74, 6) is -0.879. The zero-order chi connectivity index (χ0) is 12.4. The number of H-pyrrole nitrogens is 1. The average molecular weight is 362 g/mol. The molecule has 17 heavy (non-hydrogen) atoms. The lowest BCUT2D eigenvalue weighted by Gasteiger charge is -2.05. The van der Waals surface area contributed by atoms with E-state index in [9.17, 15) is 9.18 Å². The number of carbonyl (C=O) groups excluding carboxylic acids is 1. The van der Waals surface area contributed by atoms with Crippen LogP contribution in [0.4, 0.5) is 10.1 Å². The molecule has 2 aromatic rings. The van der Waals surface area contributed by atoms with Gasteiger partial charge < -0.3 is 10.3 Å². The van der Waals surface area contributed by atoms with E-state index in [1.165, 1.54) is 12.1 Å². The summed E-state index contributed by atoms with van der Waals surface area (Å²) in [7, 11) is 0. The molecule has 2 N–H and O–H groups in total. The summed E-state index contributed by atoms with van der Waals surface area (Å²) in [5, 5.41) is 2.48. The highest BCUT2D eigenvalue weighted by atomic mass is 79.9. The van der Waals surface area contributed by atoms with Gasteiger partial charge >= 0.3 is 0 Å². The monoisotopic (exact) mass is 360 g/mol. The molecule has 3 nitrogen and oxygen atoms in total. The van der Waals surface area contributed by atoms with E-state index in [1.807, 2.05) is 0 Å². The van der Waals surface area contributed by atoms with Crippen molar-refractivity contribution in [2.45, 2.75) is 0 Å². The molecule has 1 aromatic carbocycles. The molecule has 0 radical (unpaired) electrons. The van der Waals surface area contributed by atoms with E-state index >= 15 is 0 Å². The molecule has 0 aliphatic rings. The predicted octanol–water partition coefficient (Wildman–Crippen LogP) is 3.93. The normalized spacial score (nSPS) is 10.3. The van der Waals surface area contributed by atoms with Crippen molar-refractivity contribution in [3.05, 3.63) is 50.9 Å². The third kappa shape index (κ3) is 2.95. The summed E-state index contributed by atoms with van der Waals surface area (Å²) in [6.07, 6.45) is 1.63. The molecule has 88 valence electrons. The van der Waals surface area contributed by atoms with Crippen molar-refractivity contribution in [2.24, 2.45) is 0 Å². The lowest BCUT2D eigenvalue weighted by Crippen LogP contribution is -2.13. The molecule has 0 saturated carbocycles. The molecule has 1 heterocycles. The maximum atomic E-state index is 13.5. The Bertz CT molecular complexity index is 568. The first-order valence-electron chi connectivity index (χ1n) is 4.66. The highest BCUT2D eigenvalue weighted by molar-refractivity contribution is 9.10. The minimum Gasteiger partial charge on any atom is -0.356 e. The number of benzene rings is 1. The lowest BCUT2D eigenvalue weighted by molar-refractivity contribution is 0.102. The van der Waals surface area contributed by atoms with Crippen LogP contribution in [0.15, 0.2) is 39.4 Å². The Labute approximate surface area is 114 Å². The molecule has 0 fully saturated rings. The smallest absolute Gasteiger partial charge is 0.272 e. The second-order valence-electron chi connectivity index (χ2n) is 3.31. The van der Waals surface area contributed by atoms with Crippen LogP contribution in [0.3, 0.4) is 0 Å². The molecule has 0 bridgehead atoms. The van der Waals surface area contributed by atoms with E-state index in [0.717, 1.165) is 4.47 Å². The maximum Gasteiger partial charge on any atom is 0.272 e. The van der Waals surface area contributed by atoms with Crippen molar-refractivity contribution in [2.75, 3.05) is 5.32 Å². The Morgan fingerprint density at radius 3 is 2.59 bits per heavy atom. The van der Waals surface area contributed by atoms with E-state index in [0.29, 0.717) is 10.2 Å². The van der Waals surface area contributed by atoms with Crippen LogP contribution in [0, 0.1) is 5.82 Å². The number of anilines is 1. The fourth-order valence-corrected chi connectivity index (χ4v) is 1.96. The summed E-state index contributed by atoms with van der Waals surface area (Å²) >= 11 is 6.36. The lowest BCUT2D eigenvalue weighted by atomic mass is 10.3. The van der Waals surface area contributed by atoms with Gasteiger partial charge in [0, 0.05) is 15.1 Å². The number of hydrogen-bond acceptors (Lipinski definition) is 1. The van der Waals surface area contributed by atoms with Gasteiger partial charge in [0.1, 0.15) is 11.5 Å². The fourth-order valence-electron chi connectivity index (χ4n) is 1.28. The van der Waals surface area contributed by atoms with Gasteiger partial charge in [0.25, 0.3) is 5.91 Å². The topological polar surface area (TPSA) is 44.9 Å². The van der Waals surface area contributed by atoms with E-state index in [1.54, 1.807) is 18.3 Å². The van der Waals surface area contributed by atoms with Crippen LogP contribution in [0.25, 0.3) is 0 Å². The average Bonchev–Trinajstić information content (AvgIpc) is 2.69. The van der Waals surface area contributed by atoms with Gasteiger partial charge in [-0.05, 0) is 40.2 Å². The van der Waals surface area contributed by atoms with Gasteiger partial charge in [-0.15, -0.1) is 0 Å². The first kappa shape index (κ1) is 12.3. The van der Waals surface area contributed by atoms with Crippen LogP contribution in [-0.4, -0.2) is 10.9 Å². The number of nitrogens with one attached hydrogen (secondary N) is 2. The van der Waals surface area contributed by atoms with Gasteiger partial charge in [-0.1, -0.05) is 15.9 Å². The largest absolute Gasteiger partial charge is 0.356 e. The number of aromatic nitrogens is 1. The molecule has 0 saturated heterocycles. The fraction of sp³-hybridized carbons (Fsp3) is 0. The number of rotatable bonds is 2. The molecule has 1 aromatic heterocycles. The molecular formula is C11H7Br2FN2O. The van der Waals surface area contributed by atoms with Gasteiger partial charge in [0.2, 0.25) is 0 Å². The molecule has 0 spiro atoms. The number of halogens is 3. The third-order valence-electron chi connectivity index (χ3n) is 2.07. The Hall–Kier alpha value is -1.14. The highest BCUT2D eigenvalue weighted by Gasteiger charge is 2.10. The summed E-state index contributed by atoms with van der Waals surface area (Å²) in [5.41, 5.74) is 0.503. The van der Waals surface area contributed by atoms with Crippen molar-refractivity contribution in [1.82, 2.24) is 4.98 Å². The van der Waals surface area contributed by atoms with Gasteiger partial charge in [-0.3, -0.25) is 4.79 Å². The first-order valence-corrected chi connectivity index (χ1v) is 6.25. The number of aromatic amines is 1. The summed E-state index contributed by atoms with van der Waals surface area (Å²) in [4.78, 5) is 14.5. The second kappa shape index (κ2) is 5.01. The minimum absolute atomic E-state index is 0.143. The van der Waals surface area contributed by atoms with Gasteiger partial charge in [0.15, 0.2) is 0 Å². The maximum absolute atomic E-state index is 13.5. The Morgan fingerprint density at radius 1 is 1.24 bits per heavy atom. The van der Waals surface area contributed by atoms with E-state index in [4.69, 9.17) is 0 Å². The quantitative estimate of drug-likeness (QED) is 0.836. The van der Waals surface area contributed by atoms with Crippen molar-refractivity contribution >= 4 is 43.5 Å². The summed E-state index contributed by atoms with van der Waals surface area (Å²) < 4.78 is 14.9. The molecule has 0 atom stereocenters. The van der Waals surface area contributed by atoms with Crippen LogP contribution >= 0.6 is 31.9 Å². The molecule has 6 heteroatoms. The zero-order valence-corrected chi connectivity index (χ0v) is 11.6. The zero-order valence-electron chi connectivity index (χ0n) is 8.43.